The summed E-state index contributed by atoms with van der Waals surface area (Å²) in [7, 11) is 3.42. The molecule has 0 saturated carbocycles. The van der Waals surface area contributed by atoms with Crippen LogP contribution in [0.15, 0.2) is 76.6 Å². The highest BCUT2D eigenvalue weighted by molar-refractivity contribution is 7.08. The first-order chi connectivity index (χ1) is 16.2. The number of amides is 2. The average Bonchev–Trinajstić information content (AvgIpc) is 3.45. The van der Waals surface area contributed by atoms with Gasteiger partial charge in [-0.3, -0.25) is 14.5 Å². The largest absolute Gasteiger partial charge is 0.401 e. The van der Waals surface area contributed by atoms with Crippen molar-refractivity contribution in [3.05, 3.63) is 87.8 Å². The maximum atomic E-state index is 13.5. The van der Waals surface area contributed by atoms with Gasteiger partial charge in [-0.1, -0.05) is 44.2 Å². The summed E-state index contributed by atoms with van der Waals surface area (Å²) in [5.41, 5.74) is 11.8. The van der Waals surface area contributed by atoms with E-state index >= 15 is 0 Å². The Balaban J connectivity index is 1.91. The van der Waals surface area contributed by atoms with Crippen LogP contribution in [0.2, 0.25) is 0 Å². The molecule has 174 valence electrons. The Bertz CT molecular complexity index is 1270. The first kappa shape index (κ1) is 23.4. The van der Waals surface area contributed by atoms with Crippen molar-refractivity contribution in [1.29, 1.82) is 0 Å². The lowest BCUT2D eigenvalue weighted by Crippen LogP contribution is -2.46. The number of rotatable bonds is 5. The Hall–Kier alpha value is -3.71. The first-order valence-electron chi connectivity index (χ1n) is 11.1. The van der Waals surface area contributed by atoms with E-state index < -0.39 is 6.04 Å². The predicted molar refractivity (Wildman–Crippen MR) is 137 cm³/mol. The molecule has 0 bridgehead atoms. The predicted octanol–water partition coefficient (Wildman–Crippen LogP) is 3.27. The molecule has 34 heavy (non-hydrogen) atoms. The van der Waals surface area contributed by atoms with Gasteiger partial charge in [0.05, 0.1) is 11.6 Å². The number of nitrogens with zero attached hydrogens (tertiary/aromatic N) is 2. The van der Waals surface area contributed by atoms with E-state index in [1.165, 1.54) is 4.90 Å². The molecule has 4 N–H and O–H groups in total. The Morgan fingerprint density at radius 1 is 1.06 bits per heavy atom. The van der Waals surface area contributed by atoms with E-state index in [1.54, 1.807) is 36.4 Å². The van der Waals surface area contributed by atoms with Gasteiger partial charge in [0, 0.05) is 31.0 Å². The average molecular weight is 474 g/mol. The number of anilines is 1. The monoisotopic (exact) mass is 473 g/mol. The molecular weight excluding hydrogens is 444 g/mol. The third-order valence-corrected chi connectivity index (χ3v) is 6.78. The van der Waals surface area contributed by atoms with Gasteiger partial charge in [0.15, 0.2) is 0 Å². The van der Waals surface area contributed by atoms with Crippen LogP contribution in [0.25, 0.3) is 11.1 Å². The number of carbonyl (C=O) groups is 2. The van der Waals surface area contributed by atoms with Crippen molar-refractivity contribution in [3.63, 3.8) is 0 Å². The molecule has 1 aliphatic heterocycles. The Morgan fingerprint density at radius 2 is 1.74 bits per heavy atom. The standard InChI is InChI=1S/C27H28N4O2S/c1-16(2)23(28)22-24(29)27(33)31(19-11-9-17(10-12-19)18-13-14-34-15-18)25(22)20-7-5-6-8-21(20)26(32)30(3)4/h5-16,25,29H,28H2,1-4H3/p+1. The fourth-order valence-corrected chi connectivity index (χ4v) is 4.90. The van der Waals surface area contributed by atoms with Crippen LogP contribution in [0.3, 0.4) is 0 Å². The number of allylic oxidation sites excluding steroid dienone is 1. The molecule has 1 unspecified atom stereocenters. The molecule has 2 amide bonds. The van der Waals surface area contributed by atoms with Gasteiger partial charge in [-0.2, -0.15) is 11.3 Å². The number of carbonyl (C=O) groups excluding carboxylic acids is 2. The van der Waals surface area contributed by atoms with Gasteiger partial charge in [-0.15, -0.1) is 0 Å². The van der Waals surface area contributed by atoms with Gasteiger partial charge in [0.1, 0.15) is 0 Å². The van der Waals surface area contributed by atoms with E-state index in [-0.39, 0.29) is 23.4 Å². The zero-order valence-corrected chi connectivity index (χ0v) is 20.6. The molecule has 1 atom stereocenters. The zero-order chi connectivity index (χ0) is 24.6. The highest BCUT2D eigenvalue weighted by Gasteiger charge is 2.48. The van der Waals surface area contributed by atoms with Gasteiger partial charge < -0.3 is 10.6 Å². The summed E-state index contributed by atoms with van der Waals surface area (Å²) >= 11 is 1.63. The molecule has 6 nitrogen and oxygen atoms in total. The summed E-state index contributed by atoms with van der Waals surface area (Å²) in [6, 6.07) is 16.6. The van der Waals surface area contributed by atoms with Crippen LogP contribution >= 0.6 is 11.3 Å². The summed E-state index contributed by atoms with van der Waals surface area (Å²) in [4.78, 5) is 29.8. The van der Waals surface area contributed by atoms with E-state index in [0.29, 0.717) is 28.1 Å². The van der Waals surface area contributed by atoms with E-state index in [2.05, 4.69) is 11.4 Å². The number of thiophene rings is 1. The highest BCUT2D eigenvalue weighted by atomic mass is 32.1. The third kappa shape index (κ3) is 4.03. The van der Waals surface area contributed by atoms with Crippen molar-refractivity contribution in [2.45, 2.75) is 19.9 Å². The van der Waals surface area contributed by atoms with E-state index in [9.17, 15) is 9.59 Å². The molecular formula is C27H29N4O2S+. The number of benzene rings is 2. The lowest BCUT2D eigenvalue weighted by molar-refractivity contribution is -0.132. The molecule has 0 spiro atoms. The van der Waals surface area contributed by atoms with Crippen molar-refractivity contribution in [2.24, 2.45) is 11.7 Å². The zero-order valence-electron chi connectivity index (χ0n) is 19.8. The summed E-state index contributed by atoms with van der Waals surface area (Å²) in [6.45, 7) is 3.93. The molecule has 1 saturated heterocycles. The van der Waals surface area contributed by atoms with Crippen molar-refractivity contribution in [1.82, 2.24) is 4.90 Å². The van der Waals surface area contributed by atoms with Crippen molar-refractivity contribution in [3.8, 4) is 11.1 Å². The summed E-state index contributed by atoms with van der Waals surface area (Å²) < 4.78 is 0. The van der Waals surface area contributed by atoms with Crippen LogP contribution < -0.4 is 16.0 Å². The van der Waals surface area contributed by atoms with Gasteiger partial charge in [0.2, 0.25) is 0 Å². The molecule has 0 radical (unpaired) electrons. The molecule has 1 aliphatic rings. The SMILES string of the molecule is CC(C)C(N)=C1C(=[NH2+])C(=O)N(c2ccc(-c3ccsc3)cc2)C1c1ccccc1C(=O)N(C)C. The van der Waals surface area contributed by atoms with Crippen molar-refractivity contribution >= 4 is 34.6 Å². The van der Waals surface area contributed by atoms with E-state index in [4.69, 9.17) is 11.1 Å². The van der Waals surface area contributed by atoms with Crippen LogP contribution in [0.5, 0.6) is 0 Å². The maximum absolute atomic E-state index is 13.5. The van der Waals surface area contributed by atoms with Gasteiger partial charge in [-0.05, 0) is 57.6 Å². The molecule has 0 aliphatic carbocycles. The normalized spacial score (nSPS) is 17.4. The summed E-state index contributed by atoms with van der Waals surface area (Å²) in [5.74, 6) is -0.496. The summed E-state index contributed by atoms with van der Waals surface area (Å²) in [5, 5.41) is 10.5. The lowest BCUT2D eigenvalue weighted by atomic mass is 9.90. The second-order valence-electron chi connectivity index (χ2n) is 8.86. The van der Waals surface area contributed by atoms with Crippen LogP contribution in [-0.2, 0) is 4.79 Å². The highest BCUT2D eigenvalue weighted by Crippen LogP contribution is 2.42. The minimum absolute atomic E-state index is 0.0264. The van der Waals surface area contributed by atoms with E-state index in [0.717, 1.165) is 11.1 Å². The Morgan fingerprint density at radius 3 is 2.32 bits per heavy atom. The molecule has 7 heteroatoms. The van der Waals surface area contributed by atoms with Crippen molar-refractivity contribution in [2.75, 3.05) is 19.0 Å². The number of nitrogens with two attached hydrogens (primary N) is 2. The van der Waals surface area contributed by atoms with Gasteiger partial charge >= 0.3 is 5.91 Å². The van der Waals surface area contributed by atoms with Crippen LogP contribution in [-0.4, -0.2) is 36.5 Å². The molecule has 2 aromatic carbocycles. The molecule has 1 aromatic heterocycles. The second kappa shape index (κ2) is 9.27. The minimum atomic E-state index is -0.609. The second-order valence-corrected chi connectivity index (χ2v) is 9.64. The quantitative estimate of drug-likeness (QED) is 0.596. The van der Waals surface area contributed by atoms with Crippen LogP contribution in [0.1, 0.15) is 35.8 Å². The Labute approximate surface area is 203 Å². The number of hydrogen-bond donors (Lipinski definition) is 2. The Kier molecular flexibility index (Phi) is 6.39. The smallest absolute Gasteiger partial charge is 0.323 e. The molecule has 1 fully saturated rings. The fourth-order valence-electron chi connectivity index (χ4n) is 4.24. The van der Waals surface area contributed by atoms with Crippen molar-refractivity contribution < 1.29 is 15.0 Å². The van der Waals surface area contributed by atoms with Gasteiger partial charge in [0.25, 0.3) is 11.6 Å². The fraction of sp³-hybridized carbons (Fsp3) is 0.222. The van der Waals surface area contributed by atoms with Crippen LogP contribution in [0, 0.1) is 5.92 Å². The molecule has 4 rings (SSSR count). The molecule has 3 aromatic rings. The minimum Gasteiger partial charge on any atom is -0.401 e. The van der Waals surface area contributed by atoms with Crippen LogP contribution in [0.4, 0.5) is 5.69 Å². The van der Waals surface area contributed by atoms with Gasteiger partial charge in [-0.25, -0.2) is 5.41 Å². The topological polar surface area (TPSA) is 92.2 Å². The maximum Gasteiger partial charge on any atom is 0.323 e. The lowest BCUT2D eigenvalue weighted by Gasteiger charge is -2.28. The van der Waals surface area contributed by atoms with E-state index in [1.807, 2.05) is 61.7 Å². The summed E-state index contributed by atoms with van der Waals surface area (Å²) in [6.07, 6.45) is 0. The first-order valence-corrected chi connectivity index (χ1v) is 12.1. The number of hydrogen-bond acceptors (Lipinski definition) is 4. The third-order valence-electron chi connectivity index (χ3n) is 6.10. The molecule has 2 heterocycles.